The second-order valence-corrected chi connectivity index (χ2v) is 4.00. The highest BCUT2D eigenvalue weighted by molar-refractivity contribution is 9.10. The van der Waals surface area contributed by atoms with Crippen LogP contribution in [0.3, 0.4) is 0 Å². The van der Waals surface area contributed by atoms with Gasteiger partial charge in [0.2, 0.25) is 0 Å². The van der Waals surface area contributed by atoms with Gasteiger partial charge in [0.25, 0.3) is 5.69 Å². The molecular formula is C9H5BrN2O4. The van der Waals surface area contributed by atoms with Crippen LogP contribution < -0.4 is 0 Å². The van der Waals surface area contributed by atoms with Gasteiger partial charge in [-0.05, 0) is 12.1 Å². The van der Waals surface area contributed by atoms with Crippen molar-refractivity contribution in [2.75, 3.05) is 0 Å². The third kappa shape index (κ3) is 1.54. The summed E-state index contributed by atoms with van der Waals surface area (Å²) in [5, 5.41) is 19.9. The molecule has 0 radical (unpaired) electrons. The number of rotatable bonds is 1. The first-order valence-electron chi connectivity index (χ1n) is 4.19. The zero-order chi connectivity index (χ0) is 11.9. The third-order valence-corrected chi connectivity index (χ3v) is 2.61. The molecule has 16 heavy (non-hydrogen) atoms. The van der Waals surface area contributed by atoms with E-state index in [1.54, 1.807) is 0 Å². The zero-order valence-electron chi connectivity index (χ0n) is 7.75. The summed E-state index contributed by atoms with van der Waals surface area (Å²) >= 11 is 3.11. The molecule has 2 aromatic rings. The van der Waals surface area contributed by atoms with Crippen LogP contribution in [-0.4, -0.2) is 20.7 Å². The second-order valence-electron chi connectivity index (χ2n) is 3.08. The van der Waals surface area contributed by atoms with Crippen LogP contribution in [-0.2, 0) is 0 Å². The quantitative estimate of drug-likeness (QED) is 0.644. The van der Waals surface area contributed by atoms with Crippen LogP contribution in [0.4, 0.5) is 10.5 Å². The van der Waals surface area contributed by atoms with Gasteiger partial charge in [0.15, 0.2) is 0 Å². The van der Waals surface area contributed by atoms with Crippen molar-refractivity contribution in [3.05, 3.63) is 39.0 Å². The molecule has 6 nitrogen and oxygen atoms in total. The highest BCUT2D eigenvalue weighted by Crippen LogP contribution is 2.30. The van der Waals surface area contributed by atoms with Crippen LogP contribution in [0.25, 0.3) is 10.9 Å². The summed E-state index contributed by atoms with van der Waals surface area (Å²) < 4.78 is 1.40. The fourth-order valence-corrected chi connectivity index (χ4v) is 1.94. The molecule has 1 heterocycles. The lowest BCUT2D eigenvalue weighted by Crippen LogP contribution is -2.05. The lowest BCUT2D eigenvalue weighted by molar-refractivity contribution is -0.383. The average Bonchev–Trinajstić information content (AvgIpc) is 2.59. The van der Waals surface area contributed by atoms with E-state index in [1.165, 1.54) is 24.4 Å². The van der Waals surface area contributed by atoms with E-state index in [9.17, 15) is 14.9 Å². The van der Waals surface area contributed by atoms with E-state index in [0.717, 1.165) is 4.57 Å². The molecule has 0 atom stereocenters. The molecule has 82 valence electrons. The molecule has 1 aromatic heterocycles. The second kappa shape index (κ2) is 3.60. The number of hydrogen-bond donors (Lipinski definition) is 1. The molecule has 1 aromatic carbocycles. The Morgan fingerprint density at radius 3 is 2.75 bits per heavy atom. The summed E-state index contributed by atoms with van der Waals surface area (Å²) in [6.45, 7) is 0. The predicted octanol–water partition coefficient (Wildman–Crippen LogP) is 2.84. The number of nitro benzene ring substituents is 1. The van der Waals surface area contributed by atoms with Crippen molar-refractivity contribution < 1.29 is 14.8 Å². The number of benzene rings is 1. The van der Waals surface area contributed by atoms with Gasteiger partial charge in [-0.15, -0.1) is 0 Å². The first kappa shape index (κ1) is 10.6. The summed E-state index contributed by atoms with van der Waals surface area (Å²) in [4.78, 5) is 21.1. The van der Waals surface area contributed by atoms with Crippen LogP contribution >= 0.6 is 15.9 Å². The number of nitrogens with zero attached hydrogens (tertiary/aromatic N) is 2. The Balaban J connectivity index is 2.86. The summed E-state index contributed by atoms with van der Waals surface area (Å²) in [6, 6.07) is 4.28. The minimum atomic E-state index is -1.18. The summed E-state index contributed by atoms with van der Waals surface area (Å²) in [5.41, 5.74) is 0.165. The van der Waals surface area contributed by atoms with Crippen LogP contribution in [0.2, 0.25) is 0 Å². The number of carbonyl (C=O) groups is 1. The summed E-state index contributed by atoms with van der Waals surface area (Å²) in [6.07, 6.45) is 0.106. The smallest absolute Gasteiger partial charge is 0.416 e. The van der Waals surface area contributed by atoms with Crippen LogP contribution in [0, 0.1) is 10.1 Å². The van der Waals surface area contributed by atoms with Gasteiger partial charge in [-0.2, -0.15) is 0 Å². The SMILES string of the molecule is O=C(O)n1ccc2c([N+](=O)[O-])cc(Br)cc21. The Morgan fingerprint density at radius 2 is 2.19 bits per heavy atom. The fraction of sp³-hybridized carbons (Fsp3) is 0. The Kier molecular flexibility index (Phi) is 2.39. The van der Waals surface area contributed by atoms with E-state index in [4.69, 9.17) is 5.11 Å². The van der Waals surface area contributed by atoms with Gasteiger partial charge in [-0.3, -0.25) is 14.7 Å². The molecule has 0 bridgehead atoms. The molecule has 7 heteroatoms. The number of hydrogen-bond acceptors (Lipinski definition) is 3. The van der Waals surface area contributed by atoms with Gasteiger partial charge in [0, 0.05) is 16.7 Å². The summed E-state index contributed by atoms with van der Waals surface area (Å²) in [5.74, 6) is 0. The molecule has 0 unspecified atom stereocenters. The third-order valence-electron chi connectivity index (χ3n) is 2.15. The molecule has 2 rings (SSSR count). The van der Waals surface area contributed by atoms with Crippen molar-refractivity contribution in [1.82, 2.24) is 4.57 Å². The Morgan fingerprint density at radius 1 is 1.50 bits per heavy atom. The molecule has 1 N–H and O–H groups in total. The Hall–Kier alpha value is -1.89. The maximum absolute atomic E-state index is 10.8. The van der Waals surface area contributed by atoms with E-state index in [-0.39, 0.29) is 11.2 Å². The number of non-ortho nitro benzene ring substituents is 1. The van der Waals surface area contributed by atoms with Gasteiger partial charge in [-0.1, -0.05) is 15.9 Å². The van der Waals surface area contributed by atoms with Crippen LogP contribution in [0.15, 0.2) is 28.9 Å². The minimum absolute atomic E-state index is 0.121. The lowest BCUT2D eigenvalue weighted by Gasteiger charge is -1.99. The molecule has 0 spiro atoms. The van der Waals surface area contributed by atoms with Crippen molar-refractivity contribution in [1.29, 1.82) is 0 Å². The number of carboxylic acid groups (broad SMARTS) is 1. The fourth-order valence-electron chi connectivity index (χ4n) is 1.51. The maximum Gasteiger partial charge on any atom is 0.416 e. The van der Waals surface area contributed by atoms with Gasteiger partial charge in [0.1, 0.15) is 0 Å². The van der Waals surface area contributed by atoms with Crippen molar-refractivity contribution in [3.8, 4) is 0 Å². The van der Waals surface area contributed by atoms with Gasteiger partial charge in [0.05, 0.1) is 15.8 Å². The first-order valence-corrected chi connectivity index (χ1v) is 4.98. The van der Waals surface area contributed by atoms with Crippen LogP contribution in [0.5, 0.6) is 0 Å². The van der Waals surface area contributed by atoms with Crippen molar-refractivity contribution in [3.63, 3.8) is 0 Å². The maximum atomic E-state index is 10.8. The van der Waals surface area contributed by atoms with Gasteiger partial charge < -0.3 is 5.11 Å². The van der Waals surface area contributed by atoms with Crippen molar-refractivity contribution in [2.24, 2.45) is 0 Å². The number of nitro groups is 1. The predicted molar refractivity (Wildman–Crippen MR) is 59.7 cm³/mol. The van der Waals surface area contributed by atoms with E-state index < -0.39 is 11.0 Å². The standard InChI is InChI=1S/C9H5BrN2O4/c10-5-3-7-6(8(4-5)12(15)16)1-2-11(7)9(13)14/h1-4H,(H,13,14). The van der Waals surface area contributed by atoms with E-state index in [2.05, 4.69) is 15.9 Å². The zero-order valence-corrected chi connectivity index (χ0v) is 9.34. The minimum Gasteiger partial charge on any atom is -0.464 e. The average molecular weight is 285 g/mol. The normalized spacial score (nSPS) is 10.6. The number of halogens is 1. The van der Waals surface area contributed by atoms with E-state index in [0.29, 0.717) is 9.86 Å². The van der Waals surface area contributed by atoms with Crippen molar-refractivity contribution in [2.45, 2.75) is 0 Å². The topological polar surface area (TPSA) is 85.4 Å². The van der Waals surface area contributed by atoms with Crippen LogP contribution in [0.1, 0.15) is 0 Å². The molecular weight excluding hydrogens is 280 g/mol. The van der Waals surface area contributed by atoms with Gasteiger partial charge >= 0.3 is 6.09 Å². The first-order chi connectivity index (χ1) is 7.50. The molecule has 0 saturated heterocycles. The molecule has 0 aliphatic rings. The largest absolute Gasteiger partial charge is 0.464 e. The molecule has 0 aliphatic carbocycles. The number of aromatic nitrogens is 1. The highest BCUT2D eigenvalue weighted by Gasteiger charge is 2.17. The highest BCUT2D eigenvalue weighted by atomic mass is 79.9. The molecule has 0 amide bonds. The molecule has 0 aliphatic heterocycles. The Labute approximate surface area is 97.4 Å². The van der Waals surface area contributed by atoms with Gasteiger partial charge in [-0.25, -0.2) is 4.79 Å². The van der Waals surface area contributed by atoms with E-state index >= 15 is 0 Å². The number of fused-ring (bicyclic) bond motifs is 1. The molecule has 0 fully saturated rings. The lowest BCUT2D eigenvalue weighted by atomic mass is 10.2. The van der Waals surface area contributed by atoms with Crippen molar-refractivity contribution >= 4 is 38.6 Å². The summed E-state index contributed by atoms with van der Waals surface area (Å²) in [7, 11) is 0. The Bertz CT molecular complexity index is 605. The monoisotopic (exact) mass is 284 g/mol. The van der Waals surface area contributed by atoms with E-state index in [1.807, 2.05) is 0 Å². The molecule has 0 saturated carbocycles.